The number of aryl methyl sites for hydroxylation is 2. The van der Waals surface area contributed by atoms with Gasteiger partial charge in [0.15, 0.2) is 10.9 Å². The van der Waals surface area contributed by atoms with E-state index in [-0.39, 0.29) is 11.3 Å². The molecule has 0 spiro atoms. The summed E-state index contributed by atoms with van der Waals surface area (Å²) >= 11 is 1.32. The molecule has 182 valence electrons. The van der Waals surface area contributed by atoms with Gasteiger partial charge in [-0.2, -0.15) is 13.2 Å². The number of halogens is 4. The van der Waals surface area contributed by atoms with Crippen LogP contribution < -0.4 is 16.2 Å². The van der Waals surface area contributed by atoms with Gasteiger partial charge in [0.1, 0.15) is 11.5 Å². The van der Waals surface area contributed by atoms with Crippen molar-refractivity contribution in [3.05, 3.63) is 57.9 Å². The number of aromatic nitrogens is 4. The van der Waals surface area contributed by atoms with Gasteiger partial charge in [-0.15, -0.1) is 0 Å². The van der Waals surface area contributed by atoms with Crippen molar-refractivity contribution in [2.24, 2.45) is 7.05 Å². The highest BCUT2D eigenvalue weighted by atomic mass is 32.2. The summed E-state index contributed by atoms with van der Waals surface area (Å²) in [5.74, 6) is -1.41. The minimum atomic E-state index is -4.76. The number of nitrogens with one attached hydrogen (secondary N) is 2. The van der Waals surface area contributed by atoms with E-state index in [4.69, 9.17) is 0 Å². The summed E-state index contributed by atoms with van der Waals surface area (Å²) in [6.07, 6.45) is -1.39. The average Bonchev–Trinajstić information content (AvgIpc) is 3.27. The Kier molecular flexibility index (Phi) is 6.23. The first-order valence-corrected chi connectivity index (χ1v) is 11.0. The molecule has 3 aromatic heterocycles. The molecule has 3 heterocycles. The zero-order valence-corrected chi connectivity index (χ0v) is 19.1. The minimum absolute atomic E-state index is 0.214. The van der Waals surface area contributed by atoms with Crippen molar-refractivity contribution in [1.82, 2.24) is 19.7 Å². The maximum Gasteiger partial charge on any atom is 0.436 e. The number of hydrogen-bond donors (Lipinski definition) is 2. The van der Waals surface area contributed by atoms with Gasteiger partial charge in [0.25, 0.3) is 5.56 Å². The fourth-order valence-electron chi connectivity index (χ4n) is 3.31. The summed E-state index contributed by atoms with van der Waals surface area (Å²) in [5, 5.41) is 8.09. The van der Waals surface area contributed by atoms with Crippen LogP contribution in [-0.4, -0.2) is 32.0 Å². The number of thioether (sulfide) groups is 1. The SMILES string of the molecule is CSc1ncc2cc(-c3cc(NC(=O)Nc4cc(C(F)(F)F)no4)c(F)cc3C)c(=O)n(C)c2n1. The molecule has 0 saturated carbocycles. The Morgan fingerprint density at radius 3 is 2.54 bits per heavy atom. The molecule has 0 aliphatic heterocycles. The van der Waals surface area contributed by atoms with Crippen molar-refractivity contribution in [1.29, 1.82) is 0 Å². The fraction of sp³-hybridized carbons (Fsp3) is 0.190. The first kappa shape index (κ1) is 24.2. The van der Waals surface area contributed by atoms with Crippen molar-refractivity contribution in [2.45, 2.75) is 18.3 Å². The van der Waals surface area contributed by atoms with Gasteiger partial charge < -0.3 is 9.84 Å². The lowest BCUT2D eigenvalue weighted by atomic mass is 9.99. The lowest BCUT2D eigenvalue weighted by Gasteiger charge is -2.13. The summed E-state index contributed by atoms with van der Waals surface area (Å²) in [4.78, 5) is 33.9. The number of pyridine rings is 1. The summed E-state index contributed by atoms with van der Waals surface area (Å²) < 4.78 is 58.3. The molecule has 0 unspecified atom stereocenters. The largest absolute Gasteiger partial charge is 0.436 e. The van der Waals surface area contributed by atoms with Gasteiger partial charge >= 0.3 is 12.2 Å². The number of rotatable bonds is 4. The van der Waals surface area contributed by atoms with Crippen LogP contribution in [0.15, 0.2) is 44.9 Å². The molecule has 2 N–H and O–H groups in total. The lowest BCUT2D eigenvalue weighted by molar-refractivity contribution is -0.142. The number of amides is 2. The van der Waals surface area contributed by atoms with Gasteiger partial charge in [-0.3, -0.25) is 14.7 Å². The predicted octanol–water partition coefficient (Wildman–Crippen LogP) is 4.82. The van der Waals surface area contributed by atoms with Gasteiger partial charge in [-0.1, -0.05) is 16.9 Å². The standard InChI is InChI=1S/C21H16F4N6O3S/c1-9-4-13(22)14(27-19(33)28-16-7-15(30-34-16)21(23,24)25)6-11(9)12-5-10-8-26-20(35-3)29-17(10)31(2)18(12)32/h4-8H,1-3H3,(H2,27,28,33). The predicted molar refractivity (Wildman–Crippen MR) is 121 cm³/mol. The zero-order chi connectivity index (χ0) is 25.5. The van der Waals surface area contributed by atoms with E-state index in [1.165, 1.54) is 22.4 Å². The molecule has 4 aromatic rings. The second-order valence-corrected chi connectivity index (χ2v) is 8.13. The van der Waals surface area contributed by atoms with Crippen molar-refractivity contribution >= 4 is 40.4 Å². The molecular formula is C21H16F4N6O3S. The number of fused-ring (bicyclic) bond motifs is 1. The molecule has 4 rings (SSSR count). The normalized spacial score (nSPS) is 11.6. The van der Waals surface area contributed by atoms with E-state index < -0.39 is 35.2 Å². The van der Waals surface area contributed by atoms with Crippen LogP contribution in [0.3, 0.4) is 0 Å². The van der Waals surface area contributed by atoms with Crippen LogP contribution in [0.1, 0.15) is 11.3 Å². The number of hydrogen-bond acceptors (Lipinski definition) is 7. The lowest BCUT2D eigenvalue weighted by Crippen LogP contribution is -2.21. The third-order valence-electron chi connectivity index (χ3n) is 5.00. The second-order valence-electron chi connectivity index (χ2n) is 7.36. The van der Waals surface area contributed by atoms with Gasteiger partial charge in [0.2, 0.25) is 5.88 Å². The van der Waals surface area contributed by atoms with E-state index in [0.717, 1.165) is 6.07 Å². The quantitative estimate of drug-likeness (QED) is 0.231. The van der Waals surface area contributed by atoms with Crippen LogP contribution in [0, 0.1) is 12.7 Å². The fourth-order valence-corrected chi connectivity index (χ4v) is 3.65. The topological polar surface area (TPSA) is 115 Å². The van der Waals surface area contributed by atoms with E-state index in [9.17, 15) is 27.2 Å². The molecule has 0 radical (unpaired) electrons. The Morgan fingerprint density at radius 2 is 1.89 bits per heavy atom. The Balaban J connectivity index is 1.67. The van der Waals surface area contributed by atoms with E-state index in [2.05, 4.69) is 25.0 Å². The summed E-state index contributed by atoms with van der Waals surface area (Å²) in [5.41, 5.74) is -0.678. The molecule has 0 atom stereocenters. The minimum Gasteiger partial charge on any atom is -0.338 e. The molecule has 0 aliphatic carbocycles. The number of alkyl halides is 3. The first-order chi connectivity index (χ1) is 16.5. The van der Waals surface area contributed by atoms with Crippen LogP contribution in [0.4, 0.5) is 33.9 Å². The Bertz CT molecular complexity index is 1520. The summed E-state index contributed by atoms with van der Waals surface area (Å²) in [7, 11) is 1.54. The molecule has 14 heteroatoms. The van der Waals surface area contributed by atoms with Crippen molar-refractivity contribution in [3.63, 3.8) is 0 Å². The van der Waals surface area contributed by atoms with Crippen LogP contribution in [0.5, 0.6) is 0 Å². The molecule has 0 aliphatic rings. The van der Waals surface area contributed by atoms with E-state index in [0.29, 0.717) is 33.4 Å². The monoisotopic (exact) mass is 508 g/mol. The maximum absolute atomic E-state index is 14.6. The second kappa shape index (κ2) is 9.02. The number of nitrogens with zero attached hydrogens (tertiary/aromatic N) is 4. The summed E-state index contributed by atoms with van der Waals surface area (Å²) in [6.45, 7) is 1.59. The average molecular weight is 508 g/mol. The number of carbonyl (C=O) groups is 1. The van der Waals surface area contributed by atoms with Crippen LogP contribution >= 0.6 is 11.8 Å². The highest BCUT2D eigenvalue weighted by Crippen LogP contribution is 2.31. The zero-order valence-electron chi connectivity index (χ0n) is 18.3. The maximum atomic E-state index is 14.6. The molecule has 2 amide bonds. The molecule has 35 heavy (non-hydrogen) atoms. The van der Waals surface area contributed by atoms with Crippen LogP contribution in [-0.2, 0) is 13.2 Å². The molecular weight excluding hydrogens is 492 g/mol. The first-order valence-electron chi connectivity index (χ1n) is 9.81. The van der Waals surface area contributed by atoms with E-state index >= 15 is 0 Å². The Morgan fingerprint density at radius 1 is 1.14 bits per heavy atom. The number of urea groups is 1. The van der Waals surface area contributed by atoms with Crippen LogP contribution in [0.25, 0.3) is 22.2 Å². The van der Waals surface area contributed by atoms with Crippen LogP contribution in [0.2, 0.25) is 0 Å². The third kappa shape index (κ3) is 4.82. The van der Waals surface area contributed by atoms with Gasteiger partial charge in [0.05, 0.1) is 5.69 Å². The van der Waals surface area contributed by atoms with Gasteiger partial charge in [0, 0.05) is 30.3 Å². The van der Waals surface area contributed by atoms with Gasteiger partial charge in [-0.05, 0) is 42.5 Å². The number of anilines is 2. The smallest absolute Gasteiger partial charge is 0.338 e. The number of benzene rings is 1. The molecule has 9 nitrogen and oxygen atoms in total. The Labute approximate surface area is 198 Å². The molecule has 0 saturated heterocycles. The van der Waals surface area contributed by atoms with Crippen molar-refractivity contribution in [2.75, 3.05) is 16.9 Å². The third-order valence-corrected chi connectivity index (χ3v) is 5.56. The highest BCUT2D eigenvalue weighted by Gasteiger charge is 2.35. The summed E-state index contributed by atoms with van der Waals surface area (Å²) in [6, 6.07) is 3.36. The van der Waals surface area contributed by atoms with Crippen molar-refractivity contribution in [3.8, 4) is 11.1 Å². The number of carbonyl (C=O) groups excluding carboxylic acids is 1. The van der Waals surface area contributed by atoms with E-state index in [1.54, 1.807) is 32.5 Å². The van der Waals surface area contributed by atoms with Crippen molar-refractivity contribution < 1.29 is 26.9 Å². The Hall–Kier alpha value is -3.94. The molecule has 1 aromatic carbocycles. The molecule has 0 bridgehead atoms. The molecule has 0 fully saturated rings. The highest BCUT2D eigenvalue weighted by molar-refractivity contribution is 7.98. The van der Waals surface area contributed by atoms with E-state index in [1.807, 2.05) is 5.32 Å². The van der Waals surface area contributed by atoms with Gasteiger partial charge in [-0.25, -0.2) is 19.2 Å².